The van der Waals surface area contributed by atoms with Crippen LogP contribution in [0.1, 0.15) is 19.4 Å². The van der Waals surface area contributed by atoms with Gasteiger partial charge in [0.15, 0.2) is 0 Å². The number of carboxylic acids is 1. The van der Waals surface area contributed by atoms with Gasteiger partial charge in [0.25, 0.3) is 0 Å². The number of benzene rings is 1. The number of para-hydroxylation sites is 1. The van der Waals surface area contributed by atoms with E-state index in [9.17, 15) is 4.79 Å². The minimum Gasteiger partial charge on any atom is -0.492 e. The molecule has 0 fully saturated rings. The van der Waals surface area contributed by atoms with E-state index in [4.69, 9.17) is 9.84 Å². The smallest absolute Gasteiger partial charge is 0.317 e. The topological polar surface area (TPSA) is 49.8 Å². The van der Waals surface area contributed by atoms with Crippen molar-refractivity contribution in [1.82, 2.24) is 4.90 Å². The number of nitrogens with zero attached hydrogens (tertiary/aromatic N) is 1. The molecular weight excluding hydrogens is 242 g/mol. The number of hydrogen-bond acceptors (Lipinski definition) is 3. The standard InChI is InChI=1S/C15H23NO3/c1-12(2)10-16(11-15(17)18)8-9-19-14-7-5-4-6-13(14)3/h4-7,12H,8-11H2,1-3H3,(H,17,18). The molecule has 106 valence electrons. The van der Waals surface area contributed by atoms with E-state index >= 15 is 0 Å². The molecule has 0 aliphatic rings. The summed E-state index contributed by atoms with van der Waals surface area (Å²) in [7, 11) is 0. The zero-order chi connectivity index (χ0) is 14.3. The molecule has 1 rings (SSSR count). The SMILES string of the molecule is Cc1ccccc1OCCN(CC(=O)O)CC(C)C. The summed E-state index contributed by atoms with van der Waals surface area (Å²) in [6, 6.07) is 7.83. The monoisotopic (exact) mass is 265 g/mol. The third-order valence-electron chi connectivity index (χ3n) is 2.74. The number of hydrogen-bond donors (Lipinski definition) is 1. The second kappa shape index (κ2) is 7.79. The van der Waals surface area contributed by atoms with Crippen LogP contribution in [0, 0.1) is 12.8 Å². The van der Waals surface area contributed by atoms with E-state index in [1.165, 1.54) is 0 Å². The molecule has 0 radical (unpaired) electrons. The molecule has 0 aliphatic heterocycles. The number of ether oxygens (including phenoxy) is 1. The first-order chi connectivity index (χ1) is 8.99. The van der Waals surface area contributed by atoms with Crippen LogP contribution in [-0.2, 0) is 4.79 Å². The molecule has 4 nitrogen and oxygen atoms in total. The second-order valence-corrected chi connectivity index (χ2v) is 5.14. The van der Waals surface area contributed by atoms with Crippen LogP contribution in [0.4, 0.5) is 0 Å². The summed E-state index contributed by atoms with van der Waals surface area (Å²) in [5.41, 5.74) is 1.09. The molecule has 0 aliphatic carbocycles. The Morgan fingerprint density at radius 2 is 2.05 bits per heavy atom. The van der Waals surface area contributed by atoms with Crippen LogP contribution in [0.25, 0.3) is 0 Å². The third kappa shape index (κ3) is 6.25. The summed E-state index contributed by atoms with van der Waals surface area (Å²) in [5, 5.41) is 8.87. The van der Waals surface area contributed by atoms with Gasteiger partial charge in [0.2, 0.25) is 0 Å². The van der Waals surface area contributed by atoms with Crippen molar-refractivity contribution in [2.45, 2.75) is 20.8 Å². The summed E-state index contributed by atoms with van der Waals surface area (Å²) >= 11 is 0. The summed E-state index contributed by atoms with van der Waals surface area (Å²) in [5.74, 6) is 0.511. The zero-order valence-electron chi connectivity index (χ0n) is 11.9. The molecule has 1 aromatic carbocycles. The van der Waals surface area contributed by atoms with Crippen LogP contribution in [0.15, 0.2) is 24.3 Å². The average molecular weight is 265 g/mol. The second-order valence-electron chi connectivity index (χ2n) is 5.14. The molecule has 0 spiro atoms. The fourth-order valence-electron chi connectivity index (χ4n) is 1.95. The Kier molecular flexibility index (Phi) is 6.36. The Morgan fingerprint density at radius 1 is 1.37 bits per heavy atom. The summed E-state index contributed by atoms with van der Waals surface area (Å²) in [6.07, 6.45) is 0. The van der Waals surface area contributed by atoms with Gasteiger partial charge in [-0.3, -0.25) is 9.69 Å². The Labute approximate surface area is 115 Å². The molecule has 1 aromatic rings. The lowest BCUT2D eigenvalue weighted by atomic mass is 10.2. The molecule has 1 N–H and O–H groups in total. The summed E-state index contributed by atoms with van der Waals surface area (Å²) in [4.78, 5) is 12.7. The van der Waals surface area contributed by atoms with E-state index in [0.29, 0.717) is 19.1 Å². The minimum atomic E-state index is -0.795. The first-order valence-corrected chi connectivity index (χ1v) is 6.61. The highest BCUT2D eigenvalue weighted by molar-refractivity contribution is 5.69. The van der Waals surface area contributed by atoms with Gasteiger partial charge in [-0.1, -0.05) is 32.0 Å². The van der Waals surface area contributed by atoms with Gasteiger partial charge in [-0.25, -0.2) is 0 Å². The van der Waals surface area contributed by atoms with E-state index in [2.05, 4.69) is 13.8 Å². The minimum absolute atomic E-state index is 0.0648. The van der Waals surface area contributed by atoms with Crippen LogP contribution in [0.5, 0.6) is 5.75 Å². The molecule has 0 heterocycles. The van der Waals surface area contributed by atoms with Crippen LogP contribution < -0.4 is 4.74 Å². The number of aliphatic carboxylic acids is 1. The molecule has 0 saturated heterocycles. The van der Waals surface area contributed by atoms with E-state index in [1.54, 1.807) is 0 Å². The predicted molar refractivity (Wildman–Crippen MR) is 75.6 cm³/mol. The van der Waals surface area contributed by atoms with Crippen molar-refractivity contribution in [3.63, 3.8) is 0 Å². The van der Waals surface area contributed by atoms with Gasteiger partial charge in [0.1, 0.15) is 12.4 Å². The van der Waals surface area contributed by atoms with Crippen LogP contribution in [-0.4, -0.2) is 42.2 Å². The molecule has 0 amide bonds. The lowest BCUT2D eigenvalue weighted by Crippen LogP contribution is -2.36. The van der Waals surface area contributed by atoms with E-state index in [1.807, 2.05) is 36.1 Å². The Morgan fingerprint density at radius 3 is 2.63 bits per heavy atom. The maximum Gasteiger partial charge on any atom is 0.317 e. The predicted octanol–water partition coefficient (Wildman–Crippen LogP) is 2.42. The lowest BCUT2D eigenvalue weighted by molar-refractivity contribution is -0.138. The van der Waals surface area contributed by atoms with Crippen molar-refractivity contribution in [2.75, 3.05) is 26.2 Å². The van der Waals surface area contributed by atoms with Crippen molar-refractivity contribution in [3.05, 3.63) is 29.8 Å². The third-order valence-corrected chi connectivity index (χ3v) is 2.74. The van der Waals surface area contributed by atoms with E-state index < -0.39 is 5.97 Å². The van der Waals surface area contributed by atoms with Gasteiger partial charge in [0.05, 0.1) is 6.54 Å². The van der Waals surface area contributed by atoms with Gasteiger partial charge in [-0.15, -0.1) is 0 Å². The Balaban J connectivity index is 2.43. The van der Waals surface area contributed by atoms with Gasteiger partial charge in [-0.2, -0.15) is 0 Å². The fourth-order valence-corrected chi connectivity index (χ4v) is 1.95. The average Bonchev–Trinajstić information content (AvgIpc) is 2.30. The Bertz CT molecular complexity index is 404. The molecule has 0 bridgehead atoms. The molecule has 4 heteroatoms. The number of rotatable bonds is 8. The quantitative estimate of drug-likeness (QED) is 0.784. The van der Waals surface area contributed by atoms with Gasteiger partial charge in [0, 0.05) is 13.1 Å². The van der Waals surface area contributed by atoms with Crippen molar-refractivity contribution in [2.24, 2.45) is 5.92 Å². The fraction of sp³-hybridized carbons (Fsp3) is 0.533. The molecule has 0 saturated carbocycles. The molecule has 0 aromatic heterocycles. The highest BCUT2D eigenvalue weighted by Crippen LogP contribution is 2.15. The zero-order valence-corrected chi connectivity index (χ0v) is 11.9. The van der Waals surface area contributed by atoms with E-state index in [-0.39, 0.29) is 6.54 Å². The number of carboxylic acid groups (broad SMARTS) is 1. The van der Waals surface area contributed by atoms with Crippen molar-refractivity contribution >= 4 is 5.97 Å². The molecule has 19 heavy (non-hydrogen) atoms. The number of carbonyl (C=O) groups is 1. The first-order valence-electron chi connectivity index (χ1n) is 6.61. The molecule has 0 unspecified atom stereocenters. The van der Waals surface area contributed by atoms with Gasteiger partial charge in [-0.05, 0) is 24.5 Å². The summed E-state index contributed by atoms with van der Waals surface area (Å²) in [6.45, 7) is 8.12. The highest BCUT2D eigenvalue weighted by Gasteiger charge is 2.11. The molecule has 0 atom stereocenters. The largest absolute Gasteiger partial charge is 0.492 e. The lowest BCUT2D eigenvalue weighted by Gasteiger charge is -2.22. The Hall–Kier alpha value is -1.55. The van der Waals surface area contributed by atoms with Crippen LogP contribution in [0.3, 0.4) is 0 Å². The van der Waals surface area contributed by atoms with Crippen molar-refractivity contribution in [1.29, 1.82) is 0 Å². The van der Waals surface area contributed by atoms with Crippen LogP contribution >= 0.6 is 0 Å². The summed E-state index contributed by atoms with van der Waals surface area (Å²) < 4.78 is 5.70. The van der Waals surface area contributed by atoms with Crippen LogP contribution in [0.2, 0.25) is 0 Å². The maximum atomic E-state index is 10.8. The normalized spacial score (nSPS) is 11.0. The van der Waals surface area contributed by atoms with Gasteiger partial charge < -0.3 is 9.84 Å². The number of aryl methyl sites for hydroxylation is 1. The van der Waals surface area contributed by atoms with Crippen molar-refractivity contribution in [3.8, 4) is 5.75 Å². The molecular formula is C15H23NO3. The van der Waals surface area contributed by atoms with Crippen molar-refractivity contribution < 1.29 is 14.6 Å². The van der Waals surface area contributed by atoms with E-state index in [0.717, 1.165) is 17.9 Å². The maximum absolute atomic E-state index is 10.8. The highest BCUT2D eigenvalue weighted by atomic mass is 16.5. The first kappa shape index (κ1) is 15.5. The van der Waals surface area contributed by atoms with Gasteiger partial charge >= 0.3 is 5.97 Å².